The van der Waals surface area contributed by atoms with Gasteiger partial charge in [-0.1, -0.05) is 11.6 Å². The molecule has 1 heterocycles. The van der Waals surface area contributed by atoms with Crippen LogP contribution in [-0.4, -0.2) is 38.1 Å². The fraction of sp³-hybridized carbons (Fsp3) is 0.333. The average Bonchev–Trinajstić information content (AvgIpc) is 2.87. The summed E-state index contributed by atoms with van der Waals surface area (Å²) in [5.74, 6) is -2.21. The van der Waals surface area contributed by atoms with E-state index >= 15 is 0 Å². The van der Waals surface area contributed by atoms with Crippen molar-refractivity contribution in [2.75, 3.05) is 13.7 Å². The number of alkyl halides is 3. The fourth-order valence-corrected chi connectivity index (χ4v) is 5.05. The standard InChI is InChI=1S/C21H19ClF3NO5S/c1-31-19-9-3-15(21(23,24)25)11-14(19)10-13-2-6-17(27)12-26(20(13)28)32(29,30)18-7-4-16(22)5-8-18/h3-5,7-9,11,13H,2,6,10,12H2,1H3. The van der Waals surface area contributed by atoms with Crippen molar-refractivity contribution in [3.8, 4) is 5.75 Å². The van der Waals surface area contributed by atoms with Crippen LogP contribution in [0.25, 0.3) is 0 Å². The van der Waals surface area contributed by atoms with E-state index in [1.807, 2.05) is 0 Å². The lowest BCUT2D eigenvalue weighted by Gasteiger charge is -2.24. The lowest BCUT2D eigenvalue weighted by atomic mass is 9.92. The largest absolute Gasteiger partial charge is 0.496 e. The summed E-state index contributed by atoms with van der Waals surface area (Å²) in [7, 11) is -3.08. The van der Waals surface area contributed by atoms with Crippen molar-refractivity contribution in [1.29, 1.82) is 0 Å². The molecule has 11 heteroatoms. The van der Waals surface area contributed by atoms with Gasteiger partial charge in [-0.3, -0.25) is 9.59 Å². The summed E-state index contributed by atoms with van der Waals surface area (Å²) in [6, 6.07) is 7.98. The topological polar surface area (TPSA) is 80.8 Å². The third-order valence-corrected chi connectivity index (χ3v) is 7.17. The zero-order chi connectivity index (χ0) is 23.7. The molecule has 1 aliphatic heterocycles. The molecule has 172 valence electrons. The first-order valence-corrected chi connectivity index (χ1v) is 11.3. The molecule has 1 fully saturated rings. The summed E-state index contributed by atoms with van der Waals surface area (Å²) < 4.78 is 71.2. The predicted molar refractivity (Wildman–Crippen MR) is 110 cm³/mol. The van der Waals surface area contributed by atoms with Gasteiger partial charge >= 0.3 is 6.18 Å². The van der Waals surface area contributed by atoms with Gasteiger partial charge in [0.05, 0.1) is 24.1 Å². The number of methoxy groups -OCH3 is 1. The number of carbonyl (C=O) groups excluding carboxylic acids is 2. The highest BCUT2D eigenvalue weighted by molar-refractivity contribution is 7.89. The number of ether oxygens (including phenoxy) is 1. The number of benzene rings is 2. The first kappa shape index (κ1) is 24.1. The van der Waals surface area contributed by atoms with E-state index in [1.165, 1.54) is 31.4 Å². The predicted octanol–water partition coefficient (Wildman–Crippen LogP) is 4.11. The van der Waals surface area contributed by atoms with E-state index in [2.05, 4.69) is 0 Å². The molecular formula is C21H19ClF3NO5S. The van der Waals surface area contributed by atoms with Crippen LogP contribution in [-0.2, 0) is 32.2 Å². The van der Waals surface area contributed by atoms with Crippen molar-refractivity contribution < 1.29 is 35.9 Å². The van der Waals surface area contributed by atoms with Crippen molar-refractivity contribution in [3.63, 3.8) is 0 Å². The van der Waals surface area contributed by atoms with E-state index in [4.69, 9.17) is 16.3 Å². The SMILES string of the molecule is COc1ccc(C(F)(F)F)cc1CC1CCC(=O)CN(S(=O)(=O)c2ccc(Cl)cc2)C1=O. The first-order chi connectivity index (χ1) is 14.9. The molecule has 32 heavy (non-hydrogen) atoms. The number of Topliss-reactive ketones (excluding diaryl/α,β-unsaturated/α-hetero) is 1. The van der Waals surface area contributed by atoms with E-state index in [-0.39, 0.29) is 40.5 Å². The molecule has 3 rings (SSSR count). The van der Waals surface area contributed by atoms with Crippen LogP contribution in [0.2, 0.25) is 5.02 Å². The summed E-state index contributed by atoms with van der Waals surface area (Å²) in [5, 5.41) is 0.289. The van der Waals surface area contributed by atoms with Crippen LogP contribution in [0.3, 0.4) is 0 Å². The summed E-state index contributed by atoms with van der Waals surface area (Å²) >= 11 is 5.79. The number of rotatable bonds is 5. The Bertz CT molecular complexity index is 1130. The number of hydrogen-bond acceptors (Lipinski definition) is 5. The second-order valence-electron chi connectivity index (χ2n) is 7.31. The molecule has 0 aromatic heterocycles. The van der Waals surface area contributed by atoms with Crippen LogP contribution < -0.4 is 4.74 Å². The Hall–Kier alpha value is -2.59. The first-order valence-electron chi connectivity index (χ1n) is 9.51. The molecule has 2 aromatic carbocycles. The number of amides is 1. The van der Waals surface area contributed by atoms with Gasteiger partial charge in [-0.15, -0.1) is 0 Å². The molecule has 2 aromatic rings. The number of nitrogens with zero attached hydrogens (tertiary/aromatic N) is 1. The van der Waals surface area contributed by atoms with Crippen LogP contribution in [0.5, 0.6) is 5.75 Å². The average molecular weight is 490 g/mol. The lowest BCUT2D eigenvalue weighted by Crippen LogP contribution is -2.42. The minimum absolute atomic E-state index is 0.00367. The second-order valence-corrected chi connectivity index (χ2v) is 9.61. The highest BCUT2D eigenvalue weighted by atomic mass is 35.5. The van der Waals surface area contributed by atoms with Crippen LogP contribution in [0.4, 0.5) is 13.2 Å². The molecule has 1 unspecified atom stereocenters. The molecule has 1 saturated heterocycles. The van der Waals surface area contributed by atoms with E-state index in [0.717, 1.165) is 18.2 Å². The Labute approximate surface area is 188 Å². The summed E-state index contributed by atoms with van der Waals surface area (Å²) in [6.45, 7) is -0.639. The van der Waals surface area contributed by atoms with Gasteiger partial charge in [0.2, 0.25) is 5.91 Å². The molecule has 1 aliphatic rings. The lowest BCUT2D eigenvalue weighted by molar-refractivity contribution is -0.137. The van der Waals surface area contributed by atoms with Crippen molar-refractivity contribution in [2.45, 2.75) is 30.3 Å². The van der Waals surface area contributed by atoms with Crippen LogP contribution in [0, 0.1) is 5.92 Å². The smallest absolute Gasteiger partial charge is 0.416 e. The van der Waals surface area contributed by atoms with E-state index < -0.39 is 45.9 Å². The molecule has 1 atom stereocenters. The van der Waals surface area contributed by atoms with Crippen molar-refractivity contribution in [2.24, 2.45) is 5.92 Å². The summed E-state index contributed by atoms with van der Waals surface area (Å²) in [6.07, 6.45) is -4.89. The van der Waals surface area contributed by atoms with Gasteiger partial charge in [-0.05, 0) is 60.9 Å². The second kappa shape index (κ2) is 9.11. The van der Waals surface area contributed by atoms with Crippen LogP contribution in [0.15, 0.2) is 47.4 Å². The number of carbonyl (C=O) groups is 2. The van der Waals surface area contributed by atoms with Gasteiger partial charge in [0.15, 0.2) is 5.78 Å². The molecule has 0 N–H and O–H groups in total. The van der Waals surface area contributed by atoms with Crippen LogP contribution in [0.1, 0.15) is 24.0 Å². The van der Waals surface area contributed by atoms with Crippen LogP contribution >= 0.6 is 11.6 Å². The van der Waals surface area contributed by atoms with Gasteiger partial charge in [0.1, 0.15) is 5.75 Å². The quantitative estimate of drug-likeness (QED) is 0.631. The van der Waals surface area contributed by atoms with E-state index in [9.17, 15) is 31.2 Å². The van der Waals surface area contributed by atoms with Gasteiger partial charge in [0.25, 0.3) is 10.0 Å². The third kappa shape index (κ3) is 5.07. The van der Waals surface area contributed by atoms with Gasteiger partial charge in [-0.2, -0.15) is 13.2 Å². The van der Waals surface area contributed by atoms with Crippen molar-refractivity contribution >= 4 is 33.3 Å². The Morgan fingerprint density at radius 1 is 1.12 bits per heavy atom. The number of halogens is 4. The Balaban J connectivity index is 1.97. The molecule has 6 nitrogen and oxygen atoms in total. The van der Waals surface area contributed by atoms with Gasteiger partial charge in [0, 0.05) is 17.4 Å². The molecule has 0 bridgehead atoms. The fourth-order valence-electron chi connectivity index (χ4n) is 3.49. The molecule has 0 radical (unpaired) electrons. The zero-order valence-corrected chi connectivity index (χ0v) is 18.4. The highest BCUT2D eigenvalue weighted by Crippen LogP contribution is 2.35. The Kier molecular flexibility index (Phi) is 6.85. The number of ketones is 1. The van der Waals surface area contributed by atoms with E-state index in [0.29, 0.717) is 4.31 Å². The maximum Gasteiger partial charge on any atom is 0.416 e. The molecule has 1 amide bonds. The maximum atomic E-state index is 13.2. The normalized spacial score (nSPS) is 17.9. The third-order valence-electron chi connectivity index (χ3n) is 5.16. The van der Waals surface area contributed by atoms with Gasteiger partial charge in [-0.25, -0.2) is 12.7 Å². The molecule has 0 spiro atoms. The summed E-state index contributed by atoms with van der Waals surface area (Å²) in [5.41, 5.74) is -0.824. The molecule has 0 aliphatic carbocycles. The highest BCUT2D eigenvalue weighted by Gasteiger charge is 2.39. The maximum absolute atomic E-state index is 13.2. The van der Waals surface area contributed by atoms with Crippen molar-refractivity contribution in [3.05, 3.63) is 58.6 Å². The number of hydrogen-bond donors (Lipinski definition) is 0. The number of sulfonamides is 1. The molecular weight excluding hydrogens is 471 g/mol. The molecule has 0 saturated carbocycles. The minimum atomic E-state index is -4.60. The van der Waals surface area contributed by atoms with E-state index in [1.54, 1.807) is 0 Å². The van der Waals surface area contributed by atoms with Crippen molar-refractivity contribution in [1.82, 2.24) is 4.31 Å². The zero-order valence-electron chi connectivity index (χ0n) is 16.9. The Morgan fingerprint density at radius 3 is 2.38 bits per heavy atom. The monoisotopic (exact) mass is 489 g/mol. The van der Waals surface area contributed by atoms with Gasteiger partial charge < -0.3 is 4.74 Å². The summed E-state index contributed by atoms with van der Waals surface area (Å²) in [4.78, 5) is 25.2. The Morgan fingerprint density at radius 2 is 1.78 bits per heavy atom. The minimum Gasteiger partial charge on any atom is -0.496 e.